The van der Waals surface area contributed by atoms with Crippen LogP contribution in [0, 0.1) is 5.92 Å². The van der Waals surface area contributed by atoms with Crippen LogP contribution in [0.5, 0.6) is 0 Å². The molecule has 0 fully saturated rings. The Hall–Kier alpha value is -0.0400. The van der Waals surface area contributed by atoms with E-state index in [9.17, 15) is 0 Å². The van der Waals surface area contributed by atoms with E-state index in [1.54, 1.807) is 7.11 Å². The summed E-state index contributed by atoms with van der Waals surface area (Å²) in [4.78, 5) is 0. The maximum absolute atomic E-state index is 5.02. The Bertz CT molecular complexity index is 81.1. The Morgan fingerprint density at radius 2 is 1.83 bits per heavy atom. The monoisotopic (exact) mass is 172 g/mol. The second-order valence-corrected chi connectivity index (χ2v) is 3.55. The molecule has 0 aromatic carbocycles. The third-order valence-electron chi connectivity index (χ3n) is 2.49. The number of unbranched alkanes of at least 4 members (excludes halogenated alkanes) is 1. The molecule has 1 unspecified atom stereocenters. The third kappa shape index (κ3) is 6.66. The molecule has 0 aliphatic heterocycles. The zero-order valence-corrected chi connectivity index (χ0v) is 8.94. The van der Waals surface area contributed by atoms with E-state index in [2.05, 4.69) is 13.8 Å². The van der Waals surface area contributed by atoms with Crippen LogP contribution in [0.4, 0.5) is 0 Å². The van der Waals surface area contributed by atoms with Crippen LogP contribution in [0.1, 0.15) is 52.4 Å². The minimum absolute atomic E-state index is 0.933. The zero-order valence-electron chi connectivity index (χ0n) is 8.94. The highest BCUT2D eigenvalue weighted by molar-refractivity contribution is 4.56. The highest BCUT2D eigenvalue weighted by Crippen LogP contribution is 2.17. The quantitative estimate of drug-likeness (QED) is 0.508. The minimum Gasteiger partial charge on any atom is -0.385 e. The SMILES string of the molecule is CCCC(CC)CCCCOC. The Morgan fingerprint density at radius 1 is 1.08 bits per heavy atom. The van der Waals surface area contributed by atoms with Crippen molar-refractivity contribution < 1.29 is 4.74 Å². The number of hydrogen-bond acceptors (Lipinski definition) is 1. The Balaban J connectivity index is 3.19. The van der Waals surface area contributed by atoms with Crippen molar-refractivity contribution in [1.29, 1.82) is 0 Å². The molecule has 0 aromatic rings. The maximum atomic E-state index is 5.02. The van der Waals surface area contributed by atoms with Crippen molar-refractivity contribution in [2.75, 3.05) is 13.7 Å². The van der Waals surface area contributed by atoms with Crippen molar-refractivity contribution >= 4 is 0 Å². The molecule has 0 amide bonds. The molecule has 1 heteroatoms. The lowest BCUT2D eigenvalue weighted by Crippen LogP contribution is -1.99. The van der Waals surface area contributed by atoms with Crippen LogP contribution >= 0.6 is 0 Å². The van der Waals surface area contributed by atoms with Crippen LogP contribution in [0.2, 0.25) is 0 Å². The van der Waals surface area contributed by atoms with E-state index < -0.39 is 0 Å². The predicted molar refractivity (Wildman–Crippen MR) is 54.4 cm³/mol. The molecule has 0 aromatic heterocycles. The van der Waals surface area contributed by atoms with Crippen molar-refractivity contribution in [3.05, 3.63) is 0 Å². The van der Waals surface area contributed by atoms with Crippen LogP contribution in [0.15, 0.2) is 0 Å². The lowest BCUT2D eigenvalue weighted by atomic mass is 9.95. The highest BCUT2D eigenvalue weighted by atomic mass is 16.5. The molecule has 0 spiro atoms. The molecule has 12 heavy (non-hydrogen) atoms. The fraction of sp³-hybridized carbons (Fsp3) is 1.00. The van der Waals surface area contributed by atoms with Gasteiger partial charge >= 0.3 is 0 Å². The van der Waals surface area contributed by atoms with Gasteiger partial charge in [0.15, 0.2) is 0 Å². The average Bonchev–Trinajstić information content (AvgIpc) is 2.10. The van der Waals surface area contributed by atoms with E-state index in [0.29, 0.717) is 0 Å². The lowest BCUT2D eigenvalue weighted by molar-refractivity contribution is 0.189. The largest absolute Gasteiger partial charge is 0.385 e. The first-order valence-electron chi connectivity index (χ1n) is 5.34. The molecular formula is C11H24O. The van der Waals surface area contributed by atoms with Crippen molar-refractivity contribution in [1.82, 2.24) is 0 Å². The van der Waals surface area contributed by atoms with Gasteiger partial charge in [-0.2, -0.15) is 0 Å². The average molecular weight is 172 g/mol. The smallest absolute Gasteiger partial charge is 0.0462 e. The van der Waals surface area contributed by atoms with Gasteiger partial charge in [0.25, 0.3) is 0 Å². The summed E-state index contributed by atoms with van der Waals surface area (Å²) in [6, 6.07) is 0. The highest BCUT2D eigenvalue weighted by Gasteiger charge is 2.03. The molecule has 0 saturated heterocycles. The van der Waals surface area contributed by atoms with E-state index in [1.807, 2.05) is 0 Å². The van der Waals surface area contributed by atoms with Gasteiger partial charge in [-0.1, -0.05) is 46.0 Å². The van der Waals surface area contributed by atoms with Crippen molar-refractivity contribution in [2.45, 2.75) is 52.4 Å². The van der Waals surface area contributed by atoms with Crippen LogP contribution in [0.3, 0.4) is 0 Å². The van der Waals surface area contributed by atoms with Crippen molar-refractivity contribution in [3.8, 4) is 0 Å². The topological polar surface area (TPSA) is 9.23 Å². The van der Waals surface area contributed by atoms with E-state index in [1.165, 1.54) is 38.5 Å². The Labute approximate surface area is 77.5 Å². The summed E-state index contributed by atoms with van der Waals surface area (Å²) in [6.07, 6.45) is 8.06. The first-order valence-corrected chi connectivity index (χ1v) is 5.34. The summed E-state index contributed by atoms with van der Waals surface area (Å²) < 4.78 is 5.02. The van der Waals surface area contributed by atoms with E-state index in [-0.39, 0.29) is 0 Å². The first kappa shape index (κ1) is 12.0. The van der Waals surface area contributed by atoms with Gasteiger partial charge in [0.2, 0.25) is 0 Å². The number of methoxy groups -OCH3 is 1. The van der Waals surface area contributed by atoms with Crippen LogP contribution in [-0.4, -0.2) is 13.7 Å². The molecule has 0 aliphatic rings. The molecule has 0 saturated carbocycles. The van der Waals surface area contributed by atoms with Crippen LogP contribution in [-0.2, 0) is 4.74 Å². The molecular weight excluding hydrogens is 148 g/mol. The van der Waals surface area contributed by atoms with Gasteiger partial charge in [-0.05, 0) is 12.3 Å². The Morgan fingerprint density at radius 3 is 2.33 bits per heavy atom. The molecule has 0 heterocycles. The van der Waals surface area contributed by atoms with E-state index in [0.717, 1.165) is 12.5 Å². The molecule has 0 aliphatic carbocycles. The third-order valence-corrected chi connectivity index (χ3v) is 2.49. The molecule has 0 bridgehead atoms. The molecule has 74 valence electrons. The second kappa shape index (κ2) is 9.05. The summed E-state index contributed by atoms with van der Waals surface area (Å²) >= 11 is 0. The van der Waals surface area contributed by atoms with Gasteiger partial charge in [0.05, 0.1) is 0 Å². The van der Waals surface area contributed by atoms with Crippen molar-refractivity contribution in [2.24, 2.45) is 5.92 Å². The predicted octanol–water partition coefficient (Wildman–Crippen LogP) is 3.63. The lowest BCUT2D eigenvalue weighted by Gasteiger charge is -2.12. The van der Waals surface area contributed by atoms with Crippen molar-refractivity contribution in [3.63, 3.8) is 0 Å². The summed E-state index contributed by atoms with van der Waals surface area (Å²) in [5.41, 5.74) is 0. The number of rotatable bonds is 8. The van der Waals surface area contributed by atoms with Gasteiger partial charge in [0, 0.05) is 13.7 Å². The molecule has 1 atom stereocenters. The number of hydrogen-bond donors (Lipinski definition) is 0. The fourth-order valence-electron chi connectivity index (χ4n) is 1.64. The normalized spacial score (nSPS) is 13.2. The van der Waals surface area contributed by atoms with Gasteiger partial charge in [0.1, 0.15) is 0 Å². The molecule has 0 radical (unpaired) electrons. The fourth-order valence-corrected chi connectivity index (χ4v) is 1.64. The summed E-state index contributed by atoms with van der Waals surface area (Å²) in [7, 11) is 1.78. The second-order valence-electron chi connectivity index (χ2n) is 3.55. The van der Waals surface area contributed by atoms with E-state index >= 15 is 0 Å². The molecule has 0 N–H and O–H groups in total. The molecule has 1 nitrogen and oxygen atoms in total. The standard InChI is InChI=1S/C11H24O/c1-4-8-11(5-2)9-6-7-10-12-3/h11H,4-10H2,1-3H3. The Kier molecular flexibility index (Phi) is 9.02. The summed E-state index contributed by atoms with van der Waals surface area (Å²) in [5.74, 6) is 0.965. The summed E-state index contributed by atoms with van der Waals surface area (Å²) in [6.45, 7) is 5.51. The van der Waals surface area contributed by atoms with Crippen LogP contribution in [0.25, 0.3) is 0 Å². The zero-order chi connectivity index (χ0) is 9.23. The molecule has 0 rings (SSSR count). The van der Waals surface area contributed by atoms with Gasteiger partial charge in [-0.25, -0.2) is 0 Å². The van der Waals surface area contributed by atoms with Crippen LogP contribution < -0.4 is 0 Å². The van der Waals surface area contributed by atoms with Gasteiger partial charge in [-0.3, -0.25) is 0 Å². The minimum atomic E-state index is 0.933. The maximum Gasteiger partial charge on any atom is 0.0462 e. The summed E-state index contributed by atoms with van der Waals surface area (Å²) in [5, 5.41) is 0. The van der Waals surface area contributed by atoms with Gasteiger partial charge in [-0.15, -0.1) is 0 Å². The van der Waals surface area contributed by atoms with E-state index in [4.69, 9.17) is 4.74 Å². The number of ether oxygens (including phenoxy) is 1. The first-order chi connectivity index (χ1) is 5.85. The van der Waals surface area contributed by atoms with Gasteiger partial charge < -0.3 is 4.74 Å².